The van der Waals surface area contributed by atoms with Crippen LogP contribution < -0.4 is 11.1 Å². The second-order valence-corrected chi connectivity index (χ2v) is 5.60. The van der Waals surface area contributed by atoms with Gasteiger partial charge in [-0.05, 0) is 30.5 Å². The number of primary amides is 1. The maximum Gasteiger partial charge on any atom is 0.337 e. The minimum atomic E-state index is -0.790. The number of benzene rings is 1. The quantitative estimate of drug-likeness (QED) is 0.710. The Bertz CT molecular complexity index is 625. The van der Waals surface area contributed by atoms with Crippen molar-refractivity contribution in [1.29, 1.82) is 0 Å². The number of nitrogens with one attached hydrogen (secondary N) is 1. The maximum absolute atomic E-state index is 12.1. The molecular weight excluding hydrogens is 300 g/mol. The van der Waals surface area contributed by atoms with Crippen LogP contribution in [-0.4, -0.2) is 38.6 Å². The van der Waals surface area contributed by atoms with Crippen molar-refractivity contribution < 1.29 is 23.9 Å². The summed E-state index contributed by atoms with van der Waals surface area (Å²) in [6.45, 7) is 0.282. The summed E-state index contributed by atoms with van der Waals surface area (Å²) in [7, 11) is 2.57. The highest BCUT2D eigenvalue weighted by Gasteiger charge is 2.48. The zero-order chi connectivity index (χ0) is 17.0. The molecule has 1 atom stereocenters. The van der Waals surface area contributed by atoms with Crippen molar-refractivity contribution in [3.8, 4) is 0 Å². The number of methoxy groups -OCH3 is 2. The number of hydrogen-bond donors (Lipinski definition) is 2. The van der Waals surface area contributed by atoms with Crippen molar-refractivity contribution in [3.05, 3.63) is 35.4 Å². The smallest absolute Gasteiger partial charge is 0.337 e. The van der Waals surface area contributed by atoms with E-state index in [1.54, 1.807) is 24.3 Å². The van der Waals surface area contributed by atoms with Gasteiger partial charge in [0.25, 0.3) is 0 Å². The number of ether oxygens (including phenoxy) is 2. The number of nitrogens with two attached hydrogens (primary N) is 1. The van der Waals surface area contributed by atoms with Crippen molar-refractivity contribution >= 4 is 17.8 Å². The molecule has 1 unspecified atom stereocenters. The summed E-state index contributed by atoms with van der Waals surface area (Å²) in [5.41, 5.74) is 5.69. The van der Waals surface area contributed by atoms with E-state index in [0.717, 1.165) is 0 Å². The summed E-state index contributed by atoms with van der Waals surface area (Å²) in [4.78, 5) is 35.1. The average molecular weight is 320 g/mol. The van der Waals surface area contributed by atoms with Crippen molar-refractivity contribution in [2.24, 2.45) is 11.1 Å². The van der Waals surface area contributed by atoms with Crippen LogP contribution in [0.5, 0.6) is 0 Å². The number of amides is 1. The molecule has 7 nitrogen and oxygen atoms in total. The molecule has 3 N–H and O–H groups in total. The molecule has 0 heterocycles. The molecule has 0 radical (unpaired) electrons. The fraction of sp³-hybridized carbons (Fsp3) is 0.438. The lowest BCUT2D eigenvalue weighted by molar-refractivity contribution is -0.143. The molecule has 7 heteroatoms. The summed E-state index contributed by atoms with van der Waals surface area (Å²) in [6.07, 6.45) is 1.40. The highest BCUT2D eigenvalue weighted by atomic mass is 16.5. The molecule has 1 aliphatic rings. The summed E-state index contributed by atoms with van der Waals surface area (Å²) < 4.78 is 9.48. The van der Waals surface area contributed by atoms with Gasteiger partial charge in [0.1, 0.15) is 6.04 Å². The molecule has 0 spiro atoms. The normalized spacial score (nSPS) is 16.3. The predicted octanol–water partition coefficient (Wildman–Crippen LogP) is 0.542. The fourth-order valence-corrected chi connectivity index (χ4v) is 2.38. The molecule has 1 aliphatic carbocycles. The van der Waals surface area contributed by atoms with Gasteiger partial charge in [-0.15, -0.1) is 0 Å². The molecule has 1 aromatic carbocycles. The summed E-state index contributed by atoms with van der Waals surface area (Å²) in [6, 6.07) is 5.71. The van der Waals surface area contributed by atoms with Crippen LogP contribution in [0.15, 0.2) is 24.3 Å². The third-order valence-corrected chi connectivity index (χ3v) is 4.10. The van der Waals surface area contributed by atoms with E-state index in [1.165, 1.54) is 14.2 Å². The largest absolute Gasteiger partial charge is 0.468 e. The number of hydrogen-bond acceptors (Lipinski definition) is 6. The first kappa shape index (κ1) is 17.0. The summed E-state index contributed by atoms with van der Waals surface area (Å²) in [5, 5.41) is 3.03. The molecule has 2 rings (SSSR count). The Kier molecular flexibility index (Phi) is 5.00. The molecular formula is C16H20N2O5. The highest BCUT2D eigenvalue weighted by Crippen LogP contribution is 2.45. The molecule has 1 aromatic rings. The first-order valence-corrected chi connectivity index (χ1v) is 7.23. The first-order valence-electron chi connectivity index (χ1n) is 7.23. The van der Waals surface area contributed by atoms with E-state index in [1.807, 2.05) is 0 Å². The van der Waals surface area contributed by atoms with Crippen LogP contribution in [0.1, 0.15) is 34.8 Å². The Balaban J connectivity index is 2.20. The van der Waals surface area contributed by atoms with Gasteiger partial charge in [-0.3, -0.25) is 10.1 Å². The molecule has 0 bridgehead atoms. The van der Waals surface area contributed by atoms with Gasteiger partial charge >= 0.3 is 11.9 Å². The van der Waals surface area contributed by atoms with E-state index in [0.29, 0.717) is 24.0 Å². The van der Waals surface area contributed by atoms with Gasteiger partial charge in [-0.2, -0.15) is 0 Å². The number of carbonyl (C=O) groups is 3. The Morgan fingerprint density at radius 3 is 2.48 bits per heavy atom. The van der Waals surface area contributed by atoms with Gasteiger partial charge in [0.15, 0.2) is 0 Å². The fourth-order valence-electron chi connectivity index (χ4n) is 2.38. The lowest BCUT2D eigenvalue weighted by Crippen LogP contribution is -2.39. The molecule has 124 valence electrons. The Morgan fingerprint density at radius 1 is 1.26 bits per heavy atom. The van der Waals surface area contributed by atoms with Gasteiger partial charge < -0.3 is 15.2 Å². The van der Waals surface area contributed by atoms with Crippen LogP contribution in [-0.2, 0) is 19.1 Å². The van der Waals surface area contributed by atoms with Crippen LogP contribution in [0, 0.1) is 5.41 Å². The van der Waals surface area contributed by atoms with E-state index < -0.39 is 23.4 Å². The second kappa shape index (κ2) is 6.78. The average Bonchev–Trinajstić information content (AvgIpc) is 3.35. The Hall–Kier alpha value is -2.41. The van der Waals surface area contributed by atoms with E-state index in [-0.39, 0.29) is 12.5 Å². The Labute approximate surface area is 134 Å². The molecule has 1 amide bonds. The second-order valence-electron chi connectivity index (χ2n) is 5.60. The molecule has 1 fully saturated rings. The van der Waals surface area contributed by atoms with E-state index in [9.17, 15) is 14.4 Å². The van der Waals surface area contributed by atoms with Gasteiger partial charge in [-0.1, -0.05) is 12.1 Å². The molecule has 1 saturated carbocycles. The summed E-state index contributed by atoms with van der Waals surface area (Å²) >= 11 is 0. The van der Waals surface area contributed by atoms with Crippen molar-refractivity contribution in [1.82, 2.24) is 5.32 Å². The van der Waals surface area contributed by atoms with Gasteiger partial charge in [0.05, 0.1) is 25.2 Å². The predicted molar refractivity (Wildman–Crippen MR) is 81.4 cm³/mol. The number of carbonyl (C=O) groups excluding carboxylic acids is 3. The maximum atomic E-state index is 12.1. The van der Waals surface area contributed by atoms with Crippen LogP contribution in [0.2, 0.25) is 0 Å². The van der Waals surface area contributed by atoms with Gasteiger partial charge in [-0.25, -0.2) is 9.59 Å². The van der Waals surface area contributed by atoms with Gasteiger partial charge in [0.2, 0.25) is 5.91 Å². The van der Waals surface area contributed by atoms with Gasteiger partial charge in [0, 0.05) is 6.54 Å². The first-order chi connectivity index (χ1) is 10.9. The van der Waals surface area contributed by atoms with Crippen LogP contribution >= 0.6 is 0 Å². The topological polar surface area (TPSA) is 108 Å². The van der Waals surface area contributed by atoms with Crippen LogP contribution in [0.4, 0.5) is 0 Å². The SMILES string of the molecule is COC(=O)c1cccc(C(NCC2(C(N)=O)CC2)C(=O)OC)c1. The van der Waals surface area contributed by atoms with E-state index in [2.05, 4.69) is 10.1 Å². The zero-order valence-corrected chi connectivity index (χ0v) is 13.1. The zero-order valence-electron chi connectivity index (χ0n) is 13.1. The lowest BCUT2D eigenvalue weighted by Gasteiger charge is -2.20. The lowest BCUT2D eigenvalue weighted by atomic mass is 10.0. The molecule has 0 saturated heterocycles. The third kappa shape index (κ3) is 3.68. The van der Waals surface area contributed by atoms with Crippen molar-refractivity contribution in [2.45, 2.75) is 18.9 Å². The molecule has 0 aliphatic heterocycles. The van der Waals surface area contributed by atoms with Crippen LogP contribution in [0.25, 0.3) is 0 Å². The minimum absolute atomic E-state index is 0.282. The summed E-state index contributed by atoms with van der Waals surface area (Å²) in [5.74, 6) is -1.38. The number of esters is 2. The highest BCUT2D eigenvalue weighted by molar-refractivity contribution is 5.90. The standard InChI is InChI=1S/C16H20N2O5/c1-22-13(19)11-5-3-4-10(8-11)12(14(20)23-2)18-9-16(6-7-16)15(17)21/h3-5,8,12,18H,6-7,9H2,1-2H3,(H2,17,21). The van der Waals surface area contributed by atoms with Crippen LogP contribution in [0.3, 0.4) is 0 Å². The van der Waals surface area contributed by atoms with Crippen molar-refractivity contribution in [3.63, 3.8) is 0 Å². The number of rotatable bonds is 7. The third-order valence-electron chi connectivity index (χ3n) is 4.10. The minimum Gasteiger partial charge on any atom is -0.468 e. The molecule has 0 aromatic heterocycles. The van der Waals surface area contributed by atoms with E-state index >= 15 is 0 Å². The van der Waals surface area contributed by atoms with Crippen molar-refractivity contribution in [2.75, 3.05) is 20.8 Å². The molecule has 23 heavy (non-hydrogen) atoms. The van der Waals surface area contributed by atoms with E-state index in [4.69, 9.17) is 10.5 Å². The Morgan fingerprint density at radius 2 is 1.96 bits per heavy atom. The monoisotopic (exact) mass is 320 g/mol.